The zero-order valence-corrected chi connectivity index (χ0v) is 16.8. The quantitative estimate of drug-likeness (QED) is 0.443. The van der Waals surface area contributed by atoms with Crippen molar-refractivity contribution in [2.24, 2.45) is 0 Å². The largest absolute Gasteiger partial charge is 0.321 e. The van der Waals surface area contributed by atoms with Crippen LogP contribution in [-0.4, -0.2) is 10.9 Å². The maximum atomic E-state index is 13.4. The smallest absolute Gasteiger partial charge is 0.256 e. The van der Waals surface area contributed by atoms with Gasteiger partial charge in [0.2, 0.25) is 0 Å². The highest BCUT2D eigenvalue weighted by molar-refractivity contribution is 6.13. The van der Waals surface area contributed by atoms with Gasteiger partial charge in [0.25, 0.3) is 5.91 Å². The first-order valence-electron chi connectivity index (χ1n) is 10.1. The number of hydrogen-bond acceptors (Lipinski definition) is 2. The number of carbonyl (C=O) groups is 1. The minimum Gasteiger partial charge on any atom is -0.321 e. The third kappa shape index (κ3) is 3.77. The first-order chi connectivity index (χ1) is 14.2. The number of anilines is 1. The maximum absolute atomic E-state index is 13.4. The van der Waals surface area contributed by atoms with Crippen molar-refractivity contribution in [2.75, 3.05) is 5.32 Å². The van der Waals surface area contributed by atoms with Crippen LogP contribution in [0.1, 0.15) is 35.3 Å². The van der Waals surface area contributed by atoms with Crippen LogP contribution in [0.25, 0.3) is 22.2 Å². The molecule has 0 fully saturated rings. The monoisotopic (exact) mass is 380 g/mol. The van der Waals surface area contributed by atoms with Gasteiger partial charge in [0.15, 0.2) is 0 Å². The van der Waals surface area contributed by atoms with E-state index >= 15 is 0 Å². The number of nitrogens with one attached hydrogen (secondary N) is 1. The molecule has 0 bridgehead atoms. The molecule has 1 amide bonds. The van der Waals surface area contributed by atoms with E-state index in [0.717, 1.165) is 51.8 Å². The minimum atomic E-state index is -0.101. The average molecular weight is 380 g/mol. The van der Waals surface area contributed by atoms with Crippen molar-refractivity contribution in [3.05, 3.63) is 95.6 Å². The van der Waals surface area contributed by atoms with E-state index < -0.39 is 0 Å². The van der Waals surface area contributed by atoms with Crippen LogP contribution in [-0.2, 0) is 12.8 Å². The van der Waals surface area contributed by atoms with Crippen LogP contribution in [0.3, 0.4) is 0 Å². The third-order valence-corrected chi connectivity index (χ3v) is 5.27. The Kier molecular flexibility index (Phi) is 5.39. The van der Waals surface area contributed by atoms with Crippen LogP contribution in [0.2, 0.25) is 0 Å². The third-order valence-electron chi connectivity index (χ3n) is 5.27. The summed E-state index contributed by atoms with van der Waals surface area (Å²) in [5.41, 5.74) is 6.49. The van der Waals surface area contributed by atoms with Crippen molar-refractivity contribution in [3.63, 3.8) is 0 Å². The van der Waals surface area contributed by atoms with Gasteiger partial charge in [0, 0.05) is 16.6 Å². The van der Waals surface area contributed by atoms with Gasteiger partial charge in [0.05, 0.1) is 16.8 Å². The van der Waals surface area contributed by atoms with E-state index in [0.29, 0.717) is 5.56 Å². The van der Waals surface area contributed by atoms with Gasteiger partial charge < -0.3 is 5.32 Å². The Labute approximate surface area is 171 Å². The molecule has 3 aromatic carbocycles. The number of fused-ring (bicyclic) bond motifs is 1. The molecule has 3 nitrogen and oxygen atoms in total. The van der Waals surface area contributed by atoms with Crippen LogP contribution in [0.15, 0.2) is 78.9 Å². The van der Waals surface area contributed by atoms with Crippen LogP contribution < -0.4 is 5.32 Å². The number of carbonyl (C=O) groups excluding carboxylic acids is 1. The van der Waals surface area contributed by atoms with Crippen molar-refractivity contribution in [2.45, 2.75) is 26.7 Å². The molecule has 144 valence electrons. The average Bonchev–Trinajstić information content (AvgIpc) is 2.79. The number of pyridine rings is 1. The van der Waals surface area contributed by atoms with Crippen molar-refractivity contribution >= 4 is 22.5 Å². The fourth-order valence-corrected chi connectivity index (χ4v) is 3.70. The summed E-state index contributed by atoms with van der Waals surface area (Å²) in [7, 11) is 0. The summed E-state index contributed by atoms with van der Waals surface area (Å²) >= 11 is 0. The summed E-state index contributed by atoms with van der Waals surface area (Å²) in [6.45, 7) is 4.22. The lowest BCUT2D eigenvalue weighted by molar-refractivity contribution is 0.102. The number of hydrogen-bond donors (Lipinski definition) is 1. The van der Waals surface area contributed by atoms with Crippen LogP contribution in [0, 0.1) is 0 Å². The zero-order chi connectivity index (χ0) is 20.2. The lowest BCUT2D eigenvalue weighted by atomic mass is 10.0. The van der Waals surface area contributed by atoms with E-state index in [1.54, 1.807) is 0 Å². The van der Waals surface area contributed by atoms with Gasteiger partial charge in [-0.05, 0) is 36.1 Å². The second kappa shape index (κ2) is 8.27. The molecule has 0 saturated heterocycles. The highest BCUT2D eigenvalue weighted by atomic mass is 16.1. The Hall–Kier alpha value is -3.46. The van der Waals surface area contributed by atoms with Gasteiger partial charge in [-0.1, -0.05) is 80.6 Å². The van der Waals surface area contributed by atoms with Gasteiger partial charge in [-0.3, -0.25) is 4.79 Å². The van der Waals surface area contributed by atoms with E-state index in [-0.39, 0.29) is 5.91 Å². The molecule has 4 rings (SSSR count). The lowest BCUT2D eigenvalue weighted by Gasteiger charge is -2.16. The summed E-state index contributed by atoms with van der Waals surface area (Å²) in [5, 5.41) is 4.06. The standard InChI is InChI=1S/C26H24N2O/c1-3-18-13-10-14-19(4-2)25(18)28-26(29)22-17-24(20-11-6-5-7-12-20)27-23-16-9-8-15-21(22)23/h5-17H,3-4H2,1-2H3,(H,28,29). The Bertz CT molecular complexity index is 1140. The molecule has 1 heterocycles. The molecule has 3 heteroatoms. The van der Waals surface area contributed by atoms with Crippen molar-refractivity contribution in [3.8, 4) is 11.3 Å². The number of rotatable bonds is 5. The van der Waals surface area contributed by atoms with Gasteiger partial charge >= 0.3 is 0 Å². The Morgan fingerprint density at radius 2 is 1.48 bits per heavy atom. The van der Waals surface area contributed by atoms with Crippen molar-refractivity contribution in [1.82, 2.24) is 4.98 Å². The predicted molar refractivity (Wildman–Crippen MR) is 120 cm³/mol. The zero-order valence-electron chi connectivity index (χ0n) is 16.8. The first-order valence-corrected chi connectivity index (χ1v) is 10.1. The fourth-order valence-electron chi connectivity index (χ4n) is 3.70. The number of aryl methyl sites for hydroxylation is 2. The van der Waals surface area contributed by atoms with Crippen LogP contribution in [0.5, 0.6) is 0 Å². The summed E-state index contributed by atoms with van der Waals surface area (Å²) in [6, 6.07) is 25.9. The molecule has 29 heavy (non-hydrogen) atoms. The van der Waals surface area contributed by atoms with Crippen molar-refractivity contribution < 1.29 is 4.79 Å². The Morgan fingerprint density at radius 3 is 2.17 bits per heavy atom. The lowest BCUT2D eigenvalue weighted by Crippen LogP contribution is -2.16. The molecule has 0 atom stereocenters. The first kappa shape index (κ1) is 18.9. The summed E-state index contributed by atoms with van der Waals surface area (Å²) < 4.78 is 0. The highest BCUT2D eigenvalue weighted by Gasteiger charge is 2.16. The second-order valence-electron chi connectivity index (χ2n) is 7.05. The van der Waals surface area contributed by atoms with Crippen LogP contribution in [0.4, 0.5) is 5.69 Å². The molecular formula is C26H24N2O. The number of para-hydroxylation sites is 2. The number of nitrogens with zero attached hydrogens (tertiary/aromatic N) is 1. The minimum absolute atomic E-state index is 0.101. The van der Waals surface area contributed by atoms with Gasteiger partial charge in [-0.25, -0.2) is 4.98 Å². The molecule has 0 unspecified atom stereocenters. The van der Waals surface area contributed by atoms with Crippen LogP contribution >= 0.6 is 0 Å². The number of amides is 1. The fraction of sp³-hybridized carbons (Fsp3) is 0.154. The Balaban J connectivity index is 1.83. The van der Waals surface area contributed by atoms with E-state index in [9.17, 15) is 4.79 Å². The summed E-state index contributed by atoms with van der Waals surface area (Å²) in [5.74, 6) is -0.101. The molecule has 0 aliphatic heterocycles. The van der Waals surface area contributed by atoms with E-state index in [4.69, 9.17) is 4.98 Å². The molecule has 0 aliphatic rings. The highest BCUT2D eigenvalue weighted by Crippen LogP contribution is 2.27. The SMILES string of the molecule is CCc1cccc(CC)c1NC(=O)c1cc(-c2ccccc2)nc2ccccc12. The molecule has 0 spiro atoms. The number of benzene rings is 3. The summed E-state index contributed by atoms with van der Waals surface area (Å²) in [6.07, 6.45) is 1.74. The molecule has 0 radical (unpaired) electrons. The molecule has 4 aromatic rings. The molecular weight excluding hydrogens is 356 g/mol. The van der Waals surface area contributed by atoms with Crippen molar-refractivity contribution in [1.29, 1.82) is 0 Å². The Morgan fingerprint density at radius 1 is 0.828 bits per heavy atom. The van der Waals surface area contributed by atoms with Gasteiger partial charge in [0.1, 0.15) is 0 Å². The van der Waals surface area contributed by atoms with Gasteiger partial charge in [-0.2, -0.15) is 0 Å². The van der Waals surface area contributed by atoms with E-state index in [1.807, 2.05) is 60.7 Å². The topological polar surface area (TPSA) is 42.0 Å². The predicted octanol–water partition coefficient (Wildman–Crippen LogP) is 6.28. The number of aromatic nitrogens is 1. The molecule has 1 N–H and O–H groups in total. The molecule has 0 saturated carbocycles. The molecule has 1 aromatic heterocycles. The normalized spacial score (nSPS) is 10.8. The van der Waals surface area contributed by atoms with E-state index in [1.165, 1.54) is 0 Å². The van der Waals surface area contributed by atoms with E-state index in [2.05, 4.69) is 37.4 Å². The second-order valence-corrected chi connectivity index (χ2v) is 7.05. The van der Waals surface area contributed by atoms with Gasteiger partial charge in [-0.15, -0.1) is 0 Å². The summed E-state index contributed by atoms with van der Waals surface area (Å²) in [4.78, 5) is 18.2. The molecule has 0 aliphatic carbocycles. The maximum Gasteiger partial charge on any atom is 0.256 e.